The molecule has 1 amide bonds. The number of amides is 1. The van der Waals surface area contributed by atoms with Gasteiger partial charge in [0.25, 0.3) is 5.91 Å². The number of rotatable bonds is 6. The van der Waals surface area contributed by atoms with Crippen molar-refractivity contribution >= 4 is 35.1 Å². The SMILES string of the molecule is COc1cc(C(=O)Nc2c3c(nn2-c2cccc(Cl)c2)CSC3)cc(OC)c1OC. The summed E-state index contributed by atoms with van der Waals surface area (Å²) in [6.07, 6.45) is 0. The van der Waals surface area contributed by atoms with Crippen LogP contribution in [-0.2, 0) is 11.5 Å². The highest BCUT2D eigenvalue weighted by Crippen LogP contribution is 2.39. The molecule has 0 unspecified atom stereocenters. The van der Waals surface area contributed by atoms with Gasteiger partial charge in [-0.25, -0.2) is 4.68 Å². The molecule has 0 aliphatic carbocycles. The van der Waals surface area contributed by atoms with Crippen LogP contribution in [0.25, 0.3) is 5.69 Å². The van der Waals surface area contributed by atoms with E-state index < -0.39 is 0 Å². The molecular formula is C21H20ClN3O4S. The van der Waals surface area contributed by atoms with E-state index >= 15 is 0 Å². The van der Waals surface area contributed by atoms with Crippen LogP contribution in [-0.4, -0.2) is 37.0 Å². The molecule has 0 atom stereocenters. The summed E-state index contributed by atoms with van der Waals surface area (Å²) < 4.78 is 17.8. The van der Waals surface area contributed by atoms with Crippen LogP contribution in [0.15, 0.2) is 36.4 Å². The zero-order valence-corrected chi connectivity index (χ0v) is 18.3. The molecule has 1 aliphatic heterocycles. The number of methoxy groups -OCH3 is 3. The number of thioether (sulfide) groups is 1. The van der Waals surface area contributed by atoms with E-state index in [4.69, 9.17) is 30.9 Å². The summed E-state index contributed by atoms with van der Waals surface area (Å²) in [6, 6.07) is 10.6. The maximum absolute atomic E-state index is 13.2. The monoisotopic (exact) mass is 445 g/mol. The topological polar surface area (TPSA) is 74.6 Å². The Hall–Kier alpha value is -2.84. The minimum absolute atomic E-state index is 0.308. The number of aromatic nitrogens is 2. The number of halogens is 1. The van der Waals surface area contributed by atoms with Gasteiger partial charge in [-0.3, -0.25) is 4.79 Å². The average Bonchev–Trinajstić information content (AvgIpc) is 3.35. The molecule has 0 radical (unpaired) electrons. The van der Waals surface area contributed by atoms with Gasteiger partial charge in [-0.1, -0.05) is 17.7 Å². The van der Waals surface area contributed by atoms with E-state index in [0.29, 0.717) is 33.7 Å². The molecule has 0 spiro atoms. The standard InChI is InChI=1S/C21H20ClN3O4S/c1-27-17-7-12(8-18(28-2)19(17)29-3)21(26)23-20-15-10-30-11-16(15)24-25(20)14-6-4-5-13(22)9-14/h4-9H,10-11H2,1-3H3,(H,23,26). The van der Waals surface area contributed by atoms with Crippen LogP contribution in [0, 0.1) is 0 Å². The Bertz CT molecular complexity index is 1090. The predicted molar refractivity (Wildman–Crippen MR) is 118 cm³/mol. The average molecular weight is 446 g/mol. The predicted octanol–water partition coefficient (Wildman–Crippen LogP) is 4.55. The molecule has 3 aromatic rings. The second-order valence-corrected chi connectivity index (χ2v) is 7.95. The second kappa shape index (κ2) is 8.49. The van der Waals surface area contributed by atoms with Crippen LogP contribution >= 0.6 is 23.4 Å². The van der Waals surface area contributed by atoms with Crippen LogP contribution in [0.1, 0.15) is 21.6 Å². The normalized spacial score (nSPS) is 12.4. The Kier molecular flexibility index (Phi) is 5.78. The van der Waals surface area contributed by atoms with Crippen molar-refractivity contribution in [3.8, 4) is 22.9 Å². The molecule has 0 bridgehead atoms. The van der Waals surface area contributed by atoms with Crippen molar-refractivity contribution in [2.45, 2.75) is 11.5 Å². The van der Waals surface area contributed by atoms with E-state index in [9.17, 15) is 4.79 Å². The first-order valence-corrected chi connectivity index (χ1v) is 10.6. The zero-order chi connectivity index (χ0) is 21.3. The number of ether oxygens (including phenoxy) is 3. The van der Waals surface area contributed by atoms with Crippen molar-refractivity contribution < 1.29 is 19.0 Å². The first-order chi connectivity index (χ1) is 14.5. The third-order valence-electron chi connectivity index (χ3n) is 4.76. The number of anilines is 1. The smallest absolute Gasteiger partial charge is 0.257 e. The lowest BCUT2D eigenvalue weighted by atomic mass is 10.1. The summed E-state index contributed by atoms with van der Waals surface area (Å²) in [5.74, 6) is 3.15. The van der Waals surface area contributed by atoms with E-state index in [1.165, 1.54) is 21.3 Å². The summed E-state index contributed by atoms with van der Waals surface area (Å²) in [4.78, 5) is 13.2. The first-order valence-electron chi connectivity index (χ1n) is 9.11. The molecule has 7 nitrogen and oxygen atoms in total. The van der Waals surface area contributed by atoms with Gasteiger partial charge in [0.1, 0.15) is 5.82 Å². The molecular weight excluding hydrogens is 426 g/mol. The van der Waals surface area contributed by atoms with Gasteiger partial charge < -0.3 is 19.5 Å². The van der Waals surface area contributed by atoms with E-state index in [-0.39, 0.29) is 5.91 Å². The number of nitrogens with zero attached hydrogens (tertiary/aromatic N) is 2. The molecule has 0 saturated carbocycles. The highest BCUT2D eigenvalue weighted by molar-refractivity contribution is 7.98. The molecule has 1 aromatic heterocycles. The lowest BCUT2D eigenvalue weighted by Gasteiger charge is -2.15. The minimum Gasteiger partial charge on any atom is -0.493 e. The molecule has 4 rings (SSSR count). The van der Waals surface area contributed by atoms with Crippen LogP contribution < -0.4 is 19.5 Å². The summed E-state index contributed by atoms with van der Waals surface area (Å²) >= 11 is 7.93. The quantitative estimate of drug-likeness (QED) is 0.600. The van der Waals surface area contributed by atoms with Gasteiger partial charge in [-0.05, 0) is 30.3 Å². The zero-order valence-electron chi connectivity index (χ0n) is 16.7. The van der Waals surface area contributed by atoms with Gasteiger partial charge in [0.15, 0.2) is 11.5 Å². The van der Waals surface area contributed by atoms with Crippen molar-refractivity contribution in [1.29, 1.82) is 0 Å². The number of carbonyl (C=O) groups is 1. The summed E-state index contributed by atoms with van der Waals surface area (Å²) in [5.41, 5.74) is 3.13. The van der Waals surface area contributed by atoms with Crippen molar-refractivity contribution in [2.24, 2.45) is 0 Å². The second-order valence-electron chi connectivity index (χ2n) is 6.53. The number of carbonyl (C=O) groups excluding carboxylic acids is 1. The van der Waals surface area contributed by atoms with Crippen LogP contribution in [0.4, 0.5) is 5.82 Å². The maximum atomic E-state index is 13.2. The minimum atomic E-state index is -0.308. The molecule has 1 aliphatic rings. The highest BCUT2D eigenvalue weighted by Gasteiger charge is 2.26. The van der Waals surface area contributed by atoms with E-state index in [2.05, 4.69) is 5.32 Å². The Morgan fingerprint density at radius 1 is 1.10 bits per heavy atom. The van der Waals surface area contributed by atoms with Gasteiger partial charge in [0, 0.05) is 27.7 Å². The van der Waals surface area contributed by atoms with Gasteiger partial charge in [0.05, 0.1) is 32.7 Å². The molecule has 1 N–H and O–H groups in total. The lowest BCUT2D eigenvalue weighted by Crippen LogP contribution is -2.16. The lowest BCUT2D eigenvalue weighted by molar-refractivity contribution is 0.102. The third-order valence-corrected chi connectivity index (χ3v) is 5.97. The van der Waals surface area contributed by atoms with E-state index in [1.54, 1.807) is 34.6 Å². The number of fused-ring (bicyclic) bond motifs is 1. The van der Waals surface area contributed by atoms with Crippen molar-refractivity contribution in [2.75, 3.05) is 26.6 Å². The van der Waals surface area contributed by atoms with Crippen molar-refractivity contribution in [3.63, 3.8) is 0 Å². The Labute approximate surface area is 183 Å². The van der Waals surface area contributed by atoms with Gasteiger partial charge in [-0.2, -0.15) is 16.9 Å². The maximum Gasteiger partial charge on any atom is 0.257 e. The van der Waals surface area contributed by atoms with Gasteiger partial charge in [-0.15, -0.1) is 0 Å². The molecule has 0 saturated heterocycles. The fourth-order valence-corrected chi connectivity index (χ4v) is 4.55. The molecule has 30 heavy (non-hydrogen) atoms. The largest absolute Gasteiger partial charge is 0.493 e. The Morgan fingerprint density at radius 3 is 2.47 bits per heavy atom. The van der Waals surface area contributed by atoms with E-state index in [1.807, 2.05) is 18.2 Å². The van der Waals surface area contributed by atoms with Gasteiger partial charge in [0.2, 0.25) is 5.75 Å². The summed E-state index contributed by atoms with van der Waals surface area (Å²) in [7, 11) is 4.54. The van der Waals surface area contributed by atoms with Crippen LogP contribution in [0.3, 0.4) is 0 Å². The van der Waals surface area contributed by atoms with E-state index in [0.717, 1.165) is 28.5 Å². The first kappa shape index (κ1) is 20.4. The summed E-state index contributed by atoms with van der Waals surface area (Å²) in [5, 5.41) is 8.31. The number of benzene rings is 2. The fourth-order valence-electron chi connectivity index (χ4n) is 3.33. The third kappa shape index (κ3) is 3.68. The molecule has 0 fully saturated rings. The molecule has 2 heterocycles. The molecule has 9 heteroatoms. The summed E-state index contributed by atoms with van der Waals surface area (Å²) in [6.45, 7) is 0. The van der Waals surface area contributed by atoms with Gasteiger partial charge >= 0.3 is 0 Å². The highest BCUT2D eigenvalue weighted by atomic mass is 35.5. The van der Waals surface area contributed by atoms with Crippen molar-refractivity contribution in [1.82, 2.24) is 9.78 Å². The fraction of sp³-hybridized carbons (Fsp3) is 0.238. The number of hydrogen-bond acceptors (Lipinski definition) is 6. The molecule has 156 valence electrons. The van der Waals surface area contributed by atoms with Crippen molar-refractivity contribution in [3.05, 3.63) is 58.2 Å². The Morgan fingerprint density at radius 2 is 1.83 bits per heavy atom. The number of nitrogens with one attached hydrogen (secondary N) is 1. The van der Waals surface area contributed by atoms with Crippen LogP contribution in [0.2, 0.25) is 5.02 Å². The Balaban J connectivity index is 1.74. The molecule has 2 aromatic carbocycles. The number of hydrogen-bond donors (Lipinski definition) is 1. The van der Waals surface area contributed by atoms with Crippen LogP contribution in [0.5, 0.6) is 17.2 Å².